The average Bonchev–Trinajstić information content (AvgIpc) is 3.21. The molecule has 0 atom stereocenters. The second-order valence-electron chi connectivity index (χ2n) is 6.95. The Kier molecular flexibility index (Phi) is 5.65. The maximum atomic E-state index is 13.1. The quantitative estimate of drug-likeness (QED) is 0.335. The van der Waals surface area contributed by atoms with Crippen molar-refractivity contribution in [2.45, 2.75) is 6.92 Å². The van der Waals surface area contributed by atoms with Crippen molar-refractivity contribution in [2.75, 3.05) is 4.90 Å². The first-order valence-electron chi connectivity index (χ1n) is 9.36. The molecule has 0 bridgehead atoms. The van der Waals surface area contributed by atoms with E-state index in [2.05, 4.69) is 5.32 Å². The third kappa shape index (κ3) is 3.93. The molecule has 2 heterocycles. The van der Waals surface area contributed by atoms with Crippen LogP contribution in [-0.2, 0) is 9.59 Å². The average molecular weight is 467 g/mol. The van der Waals surface area contributed by atoms with Crippen molar-refractivity contribution in [3.05, 3.63) is 82.1 Å². The molecule has 2 N–H and O–H groups in total. The van der Waals surface area contributed by atoms with Crippen LogP contribution in [0.3, 0.4) is 0 Å². The van der Waals surface area contributed by atoms with Gasteiger partial charge >= 0.3 is 5.97 Å². The number of para-hydroxylation sites is 1. The zero-order valence-corrected chi connectivity index (χ0v) is 18.2. The van der Waals surface area contributed by atoms with Crippen LogP contribution in [0.4, 0.5) is 5.69 Å². The number of benzene rings is 2. The van der Waals surface area contributed by atoms with Crippen LogP contribution in [0.5, 0.6) is 0 Å². The third-order valence-corrected chi connectivity index (χ3v) is 5.45. The van der Waals surface area contributed by atoms with Crippen LogP contribution in [-0.4, -0.2) is 28.0 Å². The number of halogens is 1. The predicted octanol–water partition coefficient (Wildman–Crippen LogP) is 4.44. The number of nitrogens with zero attached hydrogens (tertiary/aromatic N) is 1. The highest BCUT2D eigenvalue weighted by Crippen LogP contribution is 2.29. The number of nitrogens with one attached hydrogen (secondary N) is 1. The molecule has 9 heteroatoms. The number of carboxylic acids is 1. The van der Waals surface area contributed by atoms with Gasteiger partial charge in [0.2, 0.25) is 0 Å². The van der Waals surface area contributed by atoms with Crippen LogP contribution >= 0.6 is 23.8 Å². The Hall–Kier alpha value is -3.75. The number of carbonyl (C=O) groups is 3. The van der Waals surface area contributed by atoms with Gasteiger partial charge in [-0.3, -0.25) is 19.8 Å². The van der Waals surface area contributed by atoms with Crippen LogP contribution in [0.25, 0.3) is 17.4 Å². The molecule has 1 saturated heterocycles. The number of furan rings is 1. The van der Waals surface area contributed by atoms with Gasteiger partial charge in [0.25, 0.3) is 11.8 Å². The standard InChI is InChI=1S/C23H15ClN2O5S/c1-12-4-2-3-5-18(12)26-21(28)16(20(27)25-23(26)32)11-14-7-9-19(31-14)13-6-8-15(22(29)30)17(24)10-13/h2-11H,1H3,(H,29,30)(H,25,27,32)/b16-11-. The molecule has 1 fully saturated rings. The van der Waals surface area contributed by atoms with Crippen LogP contribution in [0.15, 0.2) is 64.6 Å². The molecule has 1 aliphatic heterocycles. The van der Waals surface area contributed by atoms with E-state index in [1.165, 1.54) is 23.1 Å². The van der Waals surface area contributed by atoms with Crippen LogP contribution in [0, 0.1) is 6.92 Å². The van der Waals surface area contributed by atoms with Crippen molar-refractivity contribution in [1.29, 1.82) is 0 Å². The van der Waals surface area contributed by atoms with E-state index in [9.17, 15) is 14.4 Å². The molecule has 4 rings (SSSR count). The number of thiocarbonyl (C=S) groups is 1. The predicted molar refractivity (Wildman–Crippen MR) is 123 cm³/mol. The molecular formula is C23H15ClN2O5S. The van der Waals surface area contributed by atoms with Gasteiger partial charge in [-0.15, -0.1) is 0 Å². The van der Waals surface area contributed by atoms with Crippen molar-refractivity contribution in [3.63, 3.8) is 0 Å². The molecule has 3 aromatic rings. The van der Waals surface area contributed by atoms with E-state index in [0.29, 0.717) is 17.0 Å². The SMILES string of the molecule is Cc1ccccc1N1C(=O)/C(=C\c2ccc(-c3ccc(C(=O)O)c(Cl)c3)o2)C(=O)NC1=S. The number of rotatable bonds is 4. The van der Waals surface area contributed by atoms with Crippen LogP contribution < -0.4 is 10.2 Å². The molecule has 0 unspecified atom stereocenters. The summed E-state index contributed by atoms with van der Waals surface area (Å²) in [5, 5.41) is 11.7. The minimum absolute atomic E-state index is 0.000235. The molecular weight excluding hydrogens is 452 g/mol. The molecule has 1 aromatic heterocycles. The molecule has 32 heavy (non-hydrogen) atoms. The van der Waals surface area contributed by atoms with E-state index in [0.717, 1.165) is 5.56 Å². The Labute approximate surface area is 192 Å². The molecule has 7 nitrogen and oxygen atoms in total. The van der Waals surface area contributed by atoms with E-state index in [1.807, 2.05) is 19.1 Å². The number of hydrogen-bond donors (Lipinski definition) is 2. The fourth-order valence-corrected chi connectivity index (χ4v) is 3.80. The van der Waals surface area contributed by atoms with Crippen LogP contribution in [0.2, 0.25) is 5.02 Å². The van der Waals surface area contributed by atoms with Gasteiger partial charge in [0.1, 0.15) is 17.1 Å². The summed E-state index contributed by atoms with van der Waals surface area (Å²) in [6, 6.07) is 14.8. The number of amides is 2. The largest absolute Gasteiger partial charge is 0.478 e. The summed E-state index contributed by atoms with van der Waals surface area (Å²) >= 11 is 11.2. The Bertz CT molecular complexity index is 1330. The van der Waals surface area contributed by atoms with Gasteiger partial charge in [0.05, 0.1) is 16.3 Å². The van der Waals surface area contributed by atoms with Gasteiger partial charge in [-0.1, -0.05) is 35.9 Å². The van der Waals surface area contributed by atoms with E-state index in [4.69, 9.17) is 33.3 Å². The number of aryl methyl sites for hydroxylation is 1. The molecule has 0 aliphatic carbocycles. The lowest BCUT2D eigenvalue weighted by molar-refractivity contribution is -0.122. The minimum atomic E-state index is -1.13. The highest BCUT2D eigenvalue weighted by atomic mass is 35.5. The first-order chi connectivity index (χ1) is 15.3. The number of aromatic carboxylic acids is 1. The summed E-state index contributed by atoms with van der Waals surface area (Å²) in [5.74, 6) is -1.68. The zero-order valence-electron chi connectivity index (χ0n) is 16.6. The Balaban J connectivity index is 1.67. The molecule has 2 aromatic carbocycles. The second-order valence-corrected chi connectivity index (χ2v) is 7.74. The Morgan fingerprint density at radius 3 is 2.59 bits per heavy atom. The molecule has 160 valence electrons. The summed E-state index contributed by atoms with van der Waals surface area (Å²) in [6.45, 7) is 1.84. The van der Waals surface area contributed by atoms with Gasteiger partial charge in [-0.2, -0.15) is 0 Å². The van der Waals surface area contributed by atoms with Gasteiger partial charge < -0.3 is 9.52 Å². The number of anilines is 1. The second kappa shape index (κ2) is 8.41. The van der Waals surface area contributed by atoms with Crippen molar-refractivity contribution < 1.29 is 23.9 Å². The fourth-order valence-electron chi connectivity index (χ4n) is 3.26. The monoisotopic (exact) mass is 466 g/mol. The highest BCUT2D eigenvalue weighted by molar-refractivity contribution is 7.80. The zero-order chi connectivity index (χ0) is 23.0. The molecule has 1 aliphatic rings. The molecule has 2 amide bonds. The van der Waals surface area contributed by atoms with E-state index in [1.54, 1.807) is 30.3 Å². The lowest BCUT2D eigenvalue weighted by atomic mass is 10.1. The number of carbonyl (C=O) groups excluding carboxylic acids is 2. The lowest BCUT2D eigenvalue weighted by Crippen LogP contribution is -2.54. The Morgan fingerprint density at radius 1 is 1.16 bits per heavy atom. The van der Waals surface area contributed by atoms with Crippen LogP contribution in [0.1, 0.15) is 21.7 Å². The molecule has 0 radical (unpaired) electrons. The topological polar surface area (TPSA) is 99.8 Å². The summed E-state index contributed by atoms with van der Waals surface area (Å²) in [5.41, 5.74) is 1.78. The third-order valence-electron chi connectivity index (χ3n) is 4.86. The normalized spacial score (nSPS) is 15.2. The summed E-state index contributed by atoms with van der Waals surface area (Å²) in [6.07, 6.45) is 1.33. The van der Waals surface area contributed by atoms with E-state index in [-0.39, 0.29) is 27.0 Å². The van der Waals surface area contributed by atoms with Crippen molar-refractivity contribution in [3.8, 4) is 11.3 Å². The maximum absolute atomic E-state index is 13.1. The number of hydrogen-bond acceptors (Lipinski definition) is 5. The van der Waals surface area contributed by atoms with Crippen molar-refractivity contribution >= 4 is 58.5 Å². The van der Waals surface area contributed by atoms with Gasteiger partial charge in [-0.05, 0) is 61.1 Å². The lowest BCUT2D eigenvalue weighted by Gasteiger charge is -2.29. The Morgan fingerprint density at radius 2 is 1.91 bits per heavy atom. The minimum Gasteiger partial charge on any atom is -0.478 e. The smallest absolute Gasteiger partial charge is 0.337 e. The highest BCUT2D eigenvalue weighted by Gasteiger charge is 2.35. The van der Waals surface area contributed by atoms with Crippen molar-refractivity contribution in [2.24, 2.45) is 0 Å². The number of carboxylic acid groups (broad SMARTS) is 1. The van der Waals surface area contributed by atoms with Gasteiger partial charge in [0, 0.05) is 5.56 Å². The molecule has 0 spiro atoms. The first kappa shape index (κ1) is 21.5. The maximum Gasteiger partial charge on any atom is 0.337 e. The van der Waals surface area contributed by atoms with Gasteiger partial charge in [0.15, 0.2) is 5.11 Å². The van der Waals surface area contributed by atoms with Gasteiger partial charge in [-0.25, -0.2) is 4.79 Å². The first-order valence-corrected chi connectivity index (χ1v) is 10.1. The van der Waals surface area contributed by atoms with E-state index < -0.39 is 17.8 Å². The fraction of sp³-hybridized carbons (Fsp3) is 0.0435. The molecule has 0 saturated carbocycles. The summed E-state index contributed by atoms with van der Waals surface area (Å²) in [7, 11) is 0. The van der Waals surface area contributed by atoms with E-state index >= 15 is 0 Å². The van der Waals surface area contributed by atoms with Crippen molar-refractivity contribution in [1.82, 2.24) is 5.32 Å². The summed E-state index contributed by atoms with van der Waals surface area (Å²) < 4.78 is 5.75. The summed E-state index contributed by atoms with van der Waals surface area (Å²) in [4.78, 5) is 38.0.